The van der Waals surface area contributed by atoms with Crippen molar-refractivity contribution in [3.05, 3.63) is 95.6 Å². The van der Waals surface area contributed by atoms with E-state index in [1.165, 1.54) is 41.3 Å². The number of ether oxygens (including phenoxy) is 1. The van der Waals surface area contributed by atoms with E-state index in [-0.39, 0.29) is 24.7 Å². The lowest BCUT2D eigenvalue weighted by molar-refractivity contribution is -0.137. The van der Waals surface area contributed by atoms with Gasteiger partial charge in [-0.1, -0.05) is 36.4 Å². The number of amides is 2. The van der Waals surface area contributed by atoms with Crippen LogP contribution in [-0.2, 0) is 17.5 Å². The third kappa shape index (κ3) is 7.08. The first-order chi connectivity index (χ1) is 16.3. The van der Waals surface area contributed by atoms with Crippen LogP contribution >= 0.6 is 0 Å². The van der Waals surface area contributed by atoms with Crippen LogP contribution in [0.25, 0.3) is 0 Å². The van der Waals surface area contributed by atoms with E-state index in [1.54, 1.807) is 0 Å². The van der Waals surface area contributed by atoms with Crippen LogP contribution in [0.5, 0.6) is 5.75 Å². The number of aliphatic hydroxyl groups is 1. The predicted molar refractivity (Wildman–Crippen MR) is 120 cm³/mol. The minimum absolute atomic E-state index is 0.00626. The molecule has 0 aliphatic rings. The van der Waals surface area contributed by atoms with Gasteiger partial charge < -0.3 is 20.1 Å². The smallest absolute Gasteiger partial charge is 0.416 e. The maximum Gasteiger partial charge on any atom is 0.416 e. The molecule has 0 spiro atoms. The Morgan fingerprint density at radius 2 is 1.65 bits per heavy atom. The van der Waals surface area contributed by atoms with Crippen LogP contribution in [0.4, 0.5) is 18.9 Å². The zero-order valence-electron chi connectivity index (χ0n) is 18.1. The fourth-order valence-corrected chi connectivity index (χ4v) is 3.17. The molecule has 3 rings (SSSR count). The maximum atomic E-state index is 12.8. The number of aliphatic hydroxyl groups excluding tert-OH is 1. The average Bonchev–Trinajstić information content (AvgIpc) is 2.83. The fourth-order valence-electron chi connectivity index (χ4n) is 3.17. The second-order valence-electron chi connectivity index (χ2n) is 7.38. The third-order valence-electron chi connectivity index (χ3n) is 4.82. The Balaban J connectivity index is 1.56. The van der Waals surface area contributed by atoms with Gasteiger partial charge in [-0.2, -0.15) is 13.2 Å². The first kappa shape index (κ1) is 24.8. The highest BCUT2D eigenvalue weighted by molar-refractivity contribution is 5.94. The summed E-state index contributed by atoms with van der Waals surface area (Å²) >= 11 is 0. The van der Waals surface area contributed by atoms with Crippen molar-refractivity contribution in [2.24, 2.45) is 0 Å². The summed E-state index contributed by atoms with van der Waals surface area (Å²) in [5.74, 6) is -0.587. The largest absolute Gasteiger partial charge is 0.484 e. The van der Waals surface area contributed by atoms with Crippen molar-refractivity contribution in [3.63, 3.8) is 0 Å². The number of benzene rings is 3. The number of nitrogens with one attached hydrogen (secondary N) is 1. The van der Waals surface area contributed by atoms with Crippen molar-refractivity contribution in [2.75, 3.05) is 25.1 Å². The van der Waals surface area contributed by atoms with Crippen molar-refractivity contribution in [2.45, 2.75) is 12.7 Å². The van der Waals surface area contributed by atoms with E-state index < -0.39 is 24.3 Å². The summed E-state index contributed by atoms with van der Waals surface area (Å²) < 4.78 is 43.7. The van der Waals surface area contributed by atoms with Crippen molar-refractivity contribution in [3.8, 4) is 5.75 Å². The molecule has 0 aromatic heterocycles. The summed E-state index contributed by atoms with van der Waals surface area (Å²) in [6.07, 6.45) is -4.51. The Bertz CT molecular complexity index is 1100. The molecule has 0 bridgehead atoms. The number of anilines is 1. The van der Waals surface area contributed by atoms with E-state index in [4.69, 9.17) is 4.74 Å². The van der Waals surface area contributed by atoms with E-state index in [2.05, 4.69) is 5.32 Å². The van der Waals surface area contributed by atoms with Gasteiger partial charge in [0.05, 0.1) is 12.2 Å². The van der Waals surface area contributed by atoms with Gasteiger partial charge in [0, 0.05) is 24.3 Å². The number of hydrogen-bond donors (Lipinski definition) is 2. The number of rotatable bonds is 9. The molecular weight excluding hydrogens is 449 g/mol. The molecule has 178 valence electrons. The average molecular weight is 472 g/mol. The first-order valence-electron chi connectivity index (χ1n) is 10.4. The van der Waals surface area contributed by atoms with E-state index in [0.717, 1.165) is 17.7 Å². The maximum absolute atomic E-state index is 12.8. The topological polar surface area (TPSA) is 78.9 Å². The van der Waals surface area contributed by atoms with Crippen LogP contribution in [0.1, 0.15) is 21.5 Å². The number of carbonyl (C=O) groups is 2. The van der Waals surface area contributed by atoms with Gasteiger partial charge in [-0.15, -0.1) is 0 Å². The van der Waals surface area contributed by atoms with Gasteiger partial charge in [0.25, 0.3) is 11.8 Å². The molecule has 2 N–H and O–H groups in total. The van der Waals surface area contributed by atoms with E-state index in [1.807, 2.05) is 30.3 Å². The lowest BCUT2D eigenvalue weighted by Crippen LogP contribution is -2.33. The Morgan fingerprint density at radius 1 is 0.941 bits per heavy atom. The zero-order chi connectivity index (χ0) is 24.6. The van der Waals surface area contributed by atoms with Crippen LogP contribution in [0.3, 0.4) is 0 Å². The summed E-state index contributed by atoms with van der Waals surface area (Å²) in [7, 11) is 0. The molecule has 0 aliphatic carbocycles. The molecule has 0 aliphatic heterocycles. The van der Waals surface area contributed by atoms with Gasteiger partial charge in [0.1, 0.15) is 5.75 Å². The highest BCUT2D eigenvalue weighted by Crippen LogP contribution is 2.30. The van der Waals surface area contributed by atoms with Crippen LogP contribution in [0.2, 0.25) is 0 Å². The Kier molecular flexibility index (Phi) is 8.26. The molecule has 9 heteroatoms. The summed E-state index contributed by atoms with van der Waals surface area (Å²) in [6.45, 7) is -0.0924. The second kappa shape index (κ2) is 11.3. The monoisotopic (exact) mass is 472 g/mol. The number of alkyl halides is 3. The molecule has 3 aromatic carbocycles. The van der Waals surface area contributed by atoms with Crippen molar-refractivity contribution in [1.29, 1.82) is 0 Å². The fraction of sp³-hybridized carbons (Fsp3) is 0.200. The van der Waals surface area contributed by atoms with Crippen molar-refractivity contribution in [1.82, 2.24) is 4.90 Å². The highest BCUT2D eigenvalue weighted by Gasteiger charge is 2.30. The van der Waals surface area contributed by atoms with Crippen LogP contribution in [0, 0.1) is 0 Å². The summed E-state index contributed by atoms with van der Waals surface area (Å²) in [6, 6.07) is 19.8. The summed E-state index contributed by atoms with van der Waals surface area (Å²) in [5, 5.41) is 11.7. The van der Waals surface area contributed by atoms with Gasteiger partial charge in [-0.05, 0) is 48.0 Å². The van der Waals surface area contributed by atoms with E-state index in [0.29, 0.717) is 17.9 Å². The molecule has 3 aromatic rings. The van der Waals surface area contributed by atoms with E-state index in [9.17, 15) is 27.9 Å². The molecule has 0 atom stereocenters. The SMILES string of the molecule is O=C(COc1ccc(C(=O)N(CCO)Cc2ccccc2)cc1)Nc1cccc(C(F)(F)F)c1. The molecule has 0 saturated carbocycles. The minimum Gasteiger partial charge on any atom is -0.484 e. The number of halogens is 3. The molecule has 0 heterocycles. The van der Waals surface area contributed by atoms with Crippen LogP contribution in [-0.4, -0.2) is 41.6 Å². The van der Waals surface area contributed by atoms with Crippen LogP contribution in [0.15, 0.2) is 78.9 Å². The molecule has 0 fully saturated rings. The Morgan fingerprint density at radius 3 is 2.29 bits per heavy atom. The molecule has 34 heavy (non-hydrogen) atoms. The highest BCUT2D eigenvalue weighted by atomic mass is 19.4. The van der Waals surface area contributed by atoms with Crippen molar-refractivity contribution >= 4 is 17.5 Å². The van der Waals surface area contributed by atoms with Gasteiger partial charge >= 0.3 is 6.18 Å². The zero-order valence-corrected chi connectivity index (χ0v) is 18.1. The minimum atomic E-state index is -4.51. The molecule has 0 saturated heterocycles. The Labute approximate surface area is 194 Å². The normalized spacial score (nSPS) is 11.1. The molecular formula is C25H23F3N2O4. The molecule has 0 unspecified atom stereocenters. The third-order valence-corrected chi connectivity index (χ3v) is 4.82. The lowest BCUT2D eigenvalue weighted by atomic mass is 10.1. The first-order valence-corrected chi connectivity index (χ1v) is 10.4. The van der Waals surface area contributed by atoms with Gasteiger partial charge in [0.2, 0.25) is 0 Å². The second-order valence-corrected chi connectivity index (χ2v) is 7.38. The number of nitrogens with zero attached hydrogens (tertiary/aromatic N) is 1. The quantitative estimate of drug-likeness (QED) is 0.485. The van der Waals surface area contributed by atoms with Crippen LogP contribution < -0.4 is 10.1 Å². The predicted octanol–water partition coefficient (Wildman–Crippen LogP) is 4.36. The summed E-state index contributed by atoms with van der Waals surface area (Å²) in [4.78, 5) is 26.4. The number of carbonyl (C=O) groups excluding carboxylic acids is 2. The Hall–Kier alpha value is -3.85. The van der Waals surface area contributed by atoms with E-state index >= 15 is 0 Å². The molecule has 0 radical (unpaired) electrons. The molecule has 2 amide bonds. The van der Waals surface area contributed by atoms with Gasteiger partial charge in [-0.3, -0.25) is 9.59 Å². The standard InChI is InChI=1S/C25H23F3N2O4/c26-25(27,28)20-7-4-8-21(15-20)29-23(32)17-34-22-11-9-19(10-12-22)24(33)30(13-14-31)16-18-5-2-1-3-6-18/h1-12,15,31H,13-14,16-17H2,(H,29,32). The number of hydrogen-bond acceptors (Lipinski definition) is 4. The molecule has 6 nitrogen and oxygen atoms in total. The van der Waals surface area contributed by atoms with Crippen molar-refractivity contribution < 1.29 is 32.6 Å². The summed E-state index contributed by atoms with van der Waals surface area (Å²) in [5.41, 5.74) is 0.446. The lowest BCUT2D eigenvalue weighted by Gasteiger charge is -2.22. The van der Waals surface area contributed by atoms with Gasteiger partial charge in [-0.25, -0.2) is 0 Å². The van der Waals surface area contributed by atoms with Gasteiger partial charge in [0.15, 0.2) is 6.61 Å².